The lowest BCUT2D eigenvalue weighted by molar-refractivity contribution is 0.0740. The standard InChI is InChI=1S/C20H18F2N6O/c21-14-4-3-5-15(22)19(14)26-17-13-24-16(12-25-17)20(29)28-10-8-27(9-11-28)18-6-1-2-7-23-18/h1-7,12-13H,8-11H2,(H,25,26). The number of carbonyl (C=O) groups excluding carboxylic acids is 1. The molecule has 0 radical (unpaired) electrons. The van der Waals surface area contributed by atoms with E-state index in [1.54, 1.807) is 11.1 Å². The number of halogens is 2. The largest absolute Gasteiger partial charge is 0.353 e. The number of benzene rings is 1. The number of nitrogens with one attached hydrogen (secondary N) is 1. The summed E-state index contributed by atoms with van der Waals surface area (Å²) in [5.74, 6) is -0.682. The number of rotatable bonds is 4. The van der Waals surface area contributed by atoms with Crippen LogP contribution in [0.25, 0.3) is 0 Å². The highest BCUT2D eigenvalue weighted by Crippen LogP contribution is 2.21. The molecular formula is C20H18F2N6O. The minimum absolute atomic E-state index is 0.144. The summed E-state index contributed by atoms with van der Waals surface area (Å²) in [6.45, 7) is 2.42. The SMILES string of the molecule is O=C(c1cnc(Nc2c(F)cccc2F)cn1)N1CCN(c2ccccn2)CC1. The van der Waals surface area contributed by atoms with Crippen LogP contribution in [0.1, 0.15) is 10.5 Å². The Kier molecular flexibility index (Phi) is 5.28. The van der Waals surface area contributed by atoms with Gasteiger partial charge in [-0.05, 0) is 24.3 Å². The molecule has 1 saturated heterocycles. The molecule has 0 aliphatic carbocycles. The highest BCUT2D eigenvalue weighted by Gasteiger charge is 2.24. The van der Waals surface area contributed by atoms with Crippen LogP contribution < -0.4 is 10.2 Å². The Labute approximate surface area is 166 Å². The molecule has 2 aromatic heterocycles. The van der Waals surface area contributed by atoms with E-state index in [-0.39, 0.29) is 23.1 Å². The molecule has 1 N–H and O–H groups in total. The van der Waals surface area contributed by atoms with Crippen molar-refractivity contribution in [2.75, 3.05) is 36.4 Å². The van der Waals surface area contributed by atoms with Crippen molar-refractivity contribution >= 4 is 23.2 Å². The molecule has 0 unspecified atom stereocenters. The number of pyridine rings is 1. The molecule has 0 saturated carbocycles. The first-order valence-electron chi connectivity index (χ1n) is 9.10. The second-order valence-corrected chi connectivity index (χ2v) is 6.48. The van der Waals surface area contributed by atoms with Gasteiger partial charge < -0.3 is 15.1 Å². The maximum Gasteiger partial charge on any atom is 0.274 e. The predicted molar refractivity (Wildman–Crippen MR) is 104 cm³/mol. The van der Waals surface area contributed by atoms with Gasteiger partial charge in [-0.25, -0.2) is 23.7 Å². The predicted octanol–water partition coefficient (Wildman–Crippen LogP) is 2.86. The number of anilines is 3. The van der Waals surface area contributed by atoms with E-state index in [2.05, 4.69) is 25.2 Å². The van der Waals surface area contributed by atoms with Gasteiger partial charge in [-0.2, -0.15) is 0 Å². The summed E-state index contributed by atoms with van der Waals surface area (Å²) in [7, 11) is 0. The zero-order valence-corrected chi connectivity index (χ0v) is 15.4. The van der Waals surface area contributed by atoms with E-state index in [0.717, 1.165) is 18.0 Å². The van der Waals surface area contributed by atoms with Crippen LogP contribution in [0.3, 0.4) is 0 Å². The molecular weight excluding hydrogens is 378 g/mol. The smallest absolute Gasteiger partial charge is 0.274 e. The van der Waals surface area contributed by atoms with Gasteiger partial charge in [-0.1, -0.05) is 12.1 Å². The first-order chi connectivity index (χ1) is 14.1. The third-order valence-electron chi connectivity index (χ3n) is 4.63. The van der Waals surface area contributed by atoms with Crippen molar-refractivity contribution in [3.05, 3.63) is 72.3 Å². The molecule has 1 aromatic carbocycles. The summed E-state index contributed by atoms with van der Waals surface area (Å²) in [5.41, 5.74) is -0.137. The number of hydrogen-bond donors (Lipinski definition) is 1. The molecule has 0 atom stereocenters. The number of piperazine rings is 1. The monoisotopic (exact) mass is 396 g/mol. The molecule has 7 nitrogen and oxygen atoms in total. The van der Waals surface area contributed by atoms with Crippen LogP contribution in [-0.4, -0.2) is 51.9 Å². The van der Waals surface area contributed by atoms with Crippen LogP contribution in [-0.2, 0) is 0 Å². The molecule has 29 heavy (non-hydrogen) atoms. The Bertz CT molecular complexity index is 971. The average molecular weight is 396 g/mol. The van der Waals surface area contributed by atoms with Gasteiger partial charge in [0.15, 0.2) is 0 Å². The highest BCUT2D eigenvalue weighted by atomic mass is 19.1. The van der Waals surface area contributed by atoms with E-state index in [9.17, 15) is 13.6 Å². The molecule has 148 valence electrons. The zero-order valence-electron chi connectivity index (χ0n) is 15.4. The molecule has 1 aliphatic rings. The minimum atomic E-state index is -0.738. The molecule has 0 bridgehead atoms. The van der Waals surface area contributed by atoms with Gasteiger partial charge in [-0.15, -0.1) is 0 Å². The summed E-state index contributed by atoms with van der Waals surface area (Å²) >= 11 is 0. The van der Waals surface area contributed by atoms with Crippen LogP contribution in [0.5, 0.6) is 0 Å². The van der Waals surface area contributed by atoms with Crippen molar-refractivity contribution in [1.29, 1.82) is 0 Å². The van der Waals surface area contributed by atoms with E-state index in [1.807, 2.05) is 18.2 Å². The number of nitrogens with zero attached hydrogens (tertiary/aromatic N) is 5. The summed E-state index contributed by atoms with van der Waals surface area (Å²) in [4.78, 5) is 29.0. The quantitative estimate of drug-likeness (QED) is 0.731. The molecule has 1 amide bonds. The lowest BCUT2D eigenvalue weighted by Gasteiger charge is -2.35. The average Bonchev–Trinajstić information content (AvgIpc) is 2.77. The van der Waals surface area contributed by atoms with E-state index >= 15 is 0 Å². The lowest BCUT2D eigenvalue weighted by atomic mass is 10.2. The van der Waals surface area contributed by atoms with Gasteiger partial charge in [0.25, 0.3) is 5.91 Å². The molecule has 9 heteroatoms. The Morgan fingerprint density at radius 3 is 2.28 bits per heavy atom. The van der Waals surface area contributed by atoms with Crippen LogP contribution >= 0.6 is 0 Å². The number of para-hydroxylation sites is 1. The van der Waals surface area contributed by atoms with Crippen molar-refractivity contribution in [2.45, 2.75) is 0 Å². The van der Waals surface area contributed by atoms with Gasteiger partial charge >= 0.3 is 0 Å². The van der Waals surface area contributed by atoms with Gasteiger partial charge in [0, 0.05) is 32.4 Å². The first kappa shape index (κ1) is 18.7. The number of aromatic nitrogens is 3. The van der Waals surface area contributed by atoms with E-state index in [1.165, 1.54) is 18.5 Å². The topological polar surface area (TPSA) is 74.2 Å². The summed E-state index contributed by atoms with van der Waals surface area (Å²) < 4.78 is 27.4. The van der Waals surface area contributed by atoms with E-state index in [0.29, 0.717) is 26.2 Å². The summed E-state index contributed by atoms with van der Waals surface area (Å²) in [5, 5.41) is 2.55. The molecule has 0 spiro atoms. The lowest BCUT2D eigenvalue weighted by Crippen LogP contribution is -2.49. The van der Waals surface area contributed by atoms with Gasteiger partial charge in [0.2, 0.25) is 0 Å². The van der Waals surface area contributed by atoms with Crippen molar-refractivity contribution in [2.24, 2.45) is 0 Å². The third-order valence-corrected chi connectivity index (χ3v) is 4.63. The Morgan fingerprint density at radius 1 is 0.897 bits per heavy atom. The number of hydrogen-bond acceptors (Lipinski definition) is 6. The van der Waals surface area contributed by atoms with Crippen molar-refractivity contribution in [1.82, 2.24) is 19.9 Å². The summed E-state index contributed by atoms with van der Waals surface area (Å²) in [6, 6.07) is 9.28. The second kappa shape index (κ2) is 8.17. The van der Waals surface area contributed by atoms with Crippen LogP contribution in [0.15, 0.2) is 55.0 Å². The fourth-order valence-corrected chi connectivity index (χ4v) is 3.09. The van der Waals surface area contributed by atoms with Gasteiger partial charge in [0.05, 0.1) is 12.4 Å². The number of amides is 1. The molecule has 1 fully saturated rings. The molecule has 1 aliphatic heterocycles. The Hall–Kier alpha value is -3.62. The summed E-state index contributed by atoms with van der Waals surface area (Å²) in [6.07, 6.45) is 4.32. The molecule has 3 aromatic rings. The van der Waals surface area contributed by atoms with Crippen LogP contribution in [0.2, 0.25) is 0 Å². The van der Waals surface area contributed by atoms with Gasteiger partial charge in [-0.3, -0.25) is 4.79 Å². The second-order valence-electron chi connectivity index (χ2n) is 6.48. The fraction of sp³-hybridized carbons (Fsp3) is 0.200. The van der Waals surface area contributed by atoms with E-state index < -0.39 is 11.6 Å². The molecule has 4 rings (SSSR count). The normalized spacial score (nSPS) is 14.0. The Balaban J connectivity index is 1.39. The Morgan fingerprint density at radius 2 is 1.66 bits per heavy atom. The van der Waals surface area contributed by atoms with Crippen molar-refractivity contribution in [3.8, 4) is 0 Å². The minimum Gasteiger partial charge on any atom is -0.353 e. The van der Waals surface area contributed by atoms with E-state index in [4.69, 9.17) is 0 Å². The number of carbonyl (C=O) groups is 1. The zero-order chi connectivity index (χ0) is 20.2. The molecule has 3 heterocycles. The maximum absolute atomic E-state index is 13.7. The van der Waals surface area contributed by atoms with Gasteiger partial charge in [0.1, 0.15) is 34.7 Å². The van der Waals surface area contributed by atoms with Crippen LogP contribution in [0, 0.1) is 11.6 Å². The fourth-order valence-electron chi connectivity index (χ4n) is 3.09. The van der Waals surface area contributed by atoms with Crippen LogP contribution in [0.4, 0.5) is 26.1 Å². The highest BCUT2D eigenvalue weighted by molar-refractivity contribution is 5.92. The van der Waals surface area contributed by atoms with Crippen molar-refractivity contribution in [3.63, 3.8) is 0 Å². The maximum atomic E-state index is 13.7. The third kappa shape index (κ3) is 4.13. The first-order valence-corrected chi connectivity index (χ1v) is 9.10. The van der Waals surface area contributed by atoms with Crippen molar-refractivity contribution < 1.29 is 13.6 Å².